The molecule has 1 heterocycles. The zero-order valence-electron chi connectivity index (χ0n) is 18.2. The molecule has 2 rings (SSSR count). The van der Waals surface area contributed by atoms with Crippen molar-refractivity contribution in [3.8, 4) is 0 Å². The molecule has 0 bridgehead atoms. The summed E-state index contributed by atoms with van der Waals surface area (Å²) in [5.74, 6) is -4.34. The number of carbonyl (C=O) groups is 5. The van der Waals surface area contributed by atoms with Crippen molar-refractivity contribution in [1.29, 1.82) is 0 Å². The standard InChI is InChI=1S/C19H24IN7O8/c20-10-6-8(27(34)35)5-9-15(10)23-4-3-11(16(22)30)24-18(32)12(1-2-14(21)29)25-19(33)13(7-28)26-17(9)31/h5-6,11-13,23,28H,1-4,7H2,(H2,21,29)(H2,22,30)(H,24,32)(H,25,33)(H,26,31)/t11-,12-,13-/m0/s1. The molecule has 1 aromatic carbocycles. The molecule has 1 aliphatic rings. The van der Waals surface area contributed by atoms with E-state index in [2.05, 4.69) is 21.3 Å². The fourth-order valence-electron chi connectivity index (χ4n) is 3.21. The Morgan fingerprint density at radius 1 is 1.11 bits per heavy atom. The largest absolute Gasteiger partial charge is 0.394 e. The van der Waals surface area contributed by atoms with E-state index in [1.54, 1.807) is 22.6 Å². The molecule has 190 valence electrons. The van der Waals surface area contributed by atoms with Crippen LogP contribution in [0.25, 0.3) is 0 Å². The van der Waals surface area contributed by atoms with Crippen molar-refractivity contribution in [2.75, 3.05) is 18.5 Å². The maximum absolute atomic E-state index is 13.0. The van der Waals surface area contributed by atoms with Crippen LogP contribution in [0.5, 0.6) is 0 Å². The lowest BCUT2D eigenvalue weighted by Gasteiger charge is -2.25. The maximum atomic E-state index is 13.0. The van der Waals surface area contributed by atoms with E-state index >= 15 is 0 Å². The van der Waals surface area contributed by atoms with Crippen LogP contribution in [0.4, 0.5) is 11.4 Å². The Bertz CT molecular complexity index is 1050. The molecule has 1 aliphatic heterocycles. The van der Waals surface area contributed by atoms with Crippen molar-refractivity contribution in [2.45, 2.75) is 37.4 Å². The quantitative estimate of drug-likeness (QED) is 0.106. The van der Waals surface area contributed by atoms with Crippen molar-refractivity contribution in [3.05, 3.63) is 31.4 Å². The fraction of sp³-hybridized carbons (Fsp3) is 0.421. The summed E-state index contributed by atoms with van der Waals surface area (Å²) >= 11 is 1.78. The number of hydrogen-bond acceptors (Lipinski definition) is 9. The number of halogens is 1. The smallest absolute Gasteiger partial charge is 0.271 e. The normalized spacial score (nSPS) is 21.3. The Balaban J connectivity index is 2.50. The van der Waals surface area contributed by atoms with Gasteiger partial charge in [0.1, 0.15) is 18.1 Å². The average molecular weight is 605 g/mol. The minimum absolute atomic E-state index is 0.0176. The number of nitro benzene ring substituents is 1. The van der Waals surface area contributed by atoms with E-state index in [4.69, 9.17) is 11.5 Å². The van der Waals surface area contributed by atoms with E-state index in [1.807, 2.05) is 0 Å². The van der Waals surface area contributed by atoms with Crippen molar-refractivity contribution < 1.29 is 34.0 Å². The molecule has 16 heteroatoms. The maximum Gasteiger partial charge on any atom is 0.271 e. The van der Waals surface area contributed by atoms with Gasteiger partial charge in [0.05, 0.1) is 22.8 Å². The highest BCUT2D eigenvalue weighted by atomic mass is 127. The second kappa shape index (κ2) is 12.2. The summed E-state index contributed by atoms with van der Waals surface area (Å²) in [6.07, 6.45) is -0.548. The molecular weight excluding hydrogens is 581 g/mol. The number of aliphatic hydroxyl groups excluding tert-OH is 1. The molecule has 9 N–H and O–H groups in total. The summed E-state index contributed by atoms with van der Waals surface area (Å²) in [6, 6.07) is -1.86. The molecule has 1 aromatic rings. The lowest BCUT2D eigenvalue weighted by atomic mass is 10.1. The SMILES string of the molecule is NC(=O)CC[C@@H]1NC(=O)[C@H](CO)NC(=O)c2cc([N+](=O)[O-])cc(I)c2NCC[C@@H](C(N)=O)NC1=O. The predicted molar refractivity (Wildman–Crippen MR) is 129 cm³/mol. The molecule has 0 spiro atoms. The van der Waals surface area contributed by atoms with Crippen molar-refractivity contribution in [1.82, 2.24) is 16.0 Å². The zero-order valence-corrected chi connectivity index (χ0v) is 20.4. The molecule has 35 heavy (non-hydrogen) atoms. The highest BCUT2D eigenvalue weighted by Gasteiger charge is 2.31. The summed E-state index contributed by atoms with van der Waals surface area (Å²) in [7, 11) is 0. The number of hydrogen-bond donors (Lipinski definition) is 7. The number of nitrogens with zero attached hydrogens (tertiary/aromatic N) is 1. The van der Waals surface area contributed by atoms with Crippen molar-refractivity contribution in [3.63, 3.8) is 0 Å². The van der Waals surface area contributed by atoms with Crippen LogP contribution in [0.3, 0.4) is 0 Å². The van der Waals surface area contributed by atoms with Gasteiger partial charge in [0.25, 0.3) is 11.6 Å². The molecule has 0 aliphatic carbocycles. The second-order valence-corrected chi connectivity index (χ2v) is 8.72. The van der Waals surface area contributed by atoms with Gasteiger partial charge in [0.2, 0.25) is 23.6 Å². The molecule has 0 saturated carbocycles. The van der Waals surface area contributed by atoms with Gasteiger partial charge in [0.15, 0.2) is 0 Å². The molecule has 0 aromatic heterocycles. The third-order valence-corrected chi connectivity index (χ3v) is 5.89. The first-order valence-corrected chi connectivity index (χ1v) is 11.3. The average Bonchev–Trinajstić information content (AvgIpc) is 2.78. The van der Waals surface area contributed by atoms with E-state index in [1.165, 1.54) is 6.07 Å². The van der Waals surface area contributed by atoms with Crippen molar-refractivity contribution >= 4 is 63.5 Å². The third kappa shape index (κ3) is 7.47. The Morgan fingerprint density at radius 3 is 2.34 bits per heavy atom. The number of rotatable bonds is 6. The number of aliphatic hydroxyl groups is 1. The molecular formula is C19H24IN7O8. The summed E-state index contributed by atoms with van der Waals surface area (Å²) < 4.78 is 0.297. The van der Waals surface area contributed by atoms with Gasteiger partial charge >= 0.3 is 0 Å². The van der Waals surface area contributed by atoms with Crippen LogP contribution in [0, 0.1) is 13.7 Å². The van der Waals surface area contributed by atoms with Gasteiger partial charge in [-0.3, -0.25) is 34.1 Å². The summed E-state index contributed by atoms with van der Waals surface area (Å²) in [6.45, 7) is -0.857. The van der Waals surface area contributed by atoms with Crippen molar-refractivity contribution in [2.24, 2.45) is 11.5 Å². The summed E-state index contributed by atoms with van der Waals surface area (Å²) in [5.41, 5.74) is 10.1. The van der Waals surface area contributed by atoms with Gasteiger partial charge in [-0.1, -0.05) is 0 Å². The first-order chi connectivity index (χ1) is 16.4. The Labute approximate surface area is 212 Å². The van der Waals surface area contributed by atoms with Crippen LogP contribution in [0.15, 0.2) is 12.1 Å². The molecule has 0 saturated heterocycles. The fourth-order valence-corrected chi connectivity index (χ4v) is 4.01. The number of non-ortho nitro benzene ring substituents is 1. The number of nitrogens with two attached hydrogens (primary N) is 2. The van der Waals surface area contributed by atoms with E-state index in [9.17, 15) is 39.2 Å². The zero-order chi connectivity index (χ0) is 26.3. The van der Waals surface area contributed by atoms with E-state index in [0.29, 0.717) is 3.57 Å². The number of amides is 5. The van der Waals surface area contributed by atoms with Gasteiger partial charge < -0.3 is 37.8 Å². The van der Waals surface area contributed by atoms with Gasteiger partial charge in [-0.15, -0.1) is 0 Å². The predicted octanol–water partition coefficient (Wildman–Crippen LogP) is -2.17. The molecule has 0 radical (unpaired) electrons. The van der Waals surface area contributed by atoms with Gasteiger partial charge in [-0.25, -0.2) is 0 Å². The number of benzene rings is 1. The highest BCUT2D eigenvalue weighted by Crippen LogP contribution is 2.29. The van der Waals surface area contributed by atoms with Crippen LogP contribution in [0.1, 0.15) is 29.6 Å². The van der Waals surface area contributed by atoms with E-state index < -0.39 is 59.2 Å². The minimum Gasteiger partial charge on any atom is -0.394 e. The summed E-state index contributed by atoms with van der Waals surface area (Å²) in [4.78, 5) is 72.1. The van der Waals surface area contributed by atoms with E-state index in [-0.39, 0.29) is 42.7 Å². The van der Waals surface area contributed by atoms with Gasteiger partial charge in [-0.05, 0) is 35.4 Å². The number of carbonyl (C=O) groups excluding carboxylic acids is 5. The lowest BCUT2D eigenvalue weighted by molar-refractivity contribution is -0.384. The molecule has 5 amide bonds. The highest BCUT2D eigenvalue weighted by molar-refractivity contribution is 14.1. The Kier molecular flexibility index (Phi) is 9.69. The van der Waals surface area contributed by atoms with Crippen LogP contribution in [-0.2, 0) is 19.2 Å². The molecule has 3 atom stereocenters. The Hall–Kier alpha value is -3.54. The first kappa shape index (κ1) is 27.7. The number of primary amides is 2. The monoisotopic (exact) mass is 605 g/mol. The van der Waals surface area contributed by atoms with Crippen LogP contribution in [0.2, 0.25) is 0 Å². The third-order valence-electron chi connectivity index (χ3n) is 5.04. The first-order valence-electron chi connectivity index (χ1n) is 10.3. The topological polar surface area (TPSA) is 249 Å². The van der Waals surface area contributed by atoms with Crippen LogP contribution < -0.4 is 32.7 Å². The number of nitrogens with one attached hydrogen (secondary N) is 4. The molecule has 15 nitrogen and oxygen atoms in total. The lowest BCUT2D eigenvalue weighted by Crippen LogP contribution is -2.57. The number of anilines is 1. The minimum atomic E-state index is -1.55. The van der Waals surface area contributed by atoms with Crippen LogP contribution in [-0.4, -0.2) is 70.8 Å². The van der Waals surface area contributed by atoms with Gasteiger partial charge in [0, 0.05) is 28.7 Å². The number of nitro groups is 1. The Morgan fingerprint density at radius 2 is 1.77 bits per heavy atom. The molecule has 0 unspecified atom stereocenters. The van der Waals surface area contributed by atoms with E-state index in [0.717, 1.165) is 6.07 Å². The number of fused-ring (bicyclic) bond motifs is 1. The van der Waals surface area contributed by atoms with Gasteiger partial charge in [-0.2, -0.15) is 0 Å². The van der Waals surface area contributed by atoms with Crippen LogP contribution >= 0.6 is 22.6 Å². The second-order valence-electron chi connectivity index (χ2n) is 7.56. The summed E-state index contributed by atoms with van der Waals surface area (Å²) in [5, 5.41) is 30.9. The molecule has 0 fully saturated rings.